The molecule has 4 nitrogen and oxygen atoms in total. The highest BCUT2D eigenvalue weighted by atomic mass is 79.9. The molecule has 1 aromatic rings. The summed E-state index contributed by atoms with van der Waals surface area (Å²) in [6.07, 6.45) is 0. The van der Waals surface area contributed by atoms with Crippen molar-refractivity contribution in [3.63, 3.8) is 0 Å². The molecule has 0 atom stereocenters. The van der Waals surface area contributed by atoms with Gasteiger partial charge in [-0.15, -0.1) is 0 Å². The molecular formula is C11H15BrN2O2. The van der Waals surface area contributed by atoms with Crippen molar-refractivity contribution >= 4 is 21.8 Å². The van der Waals surface area contributed by atoms with Gasteiger partial charge in [0.15, 0.2) is 6.61 Å². The molecule has 0 aliphatic rings. The van der Waals surface area contributed by atoms with E-state index in [9.17, 15) is 4.79 Å². The Balaban J connectivity index is 2.98. The first-order valence-electron chi connectivity index (χ1n) is 4.89. The largest absolute Gasteiger partial charge is 0.483 e. The smallest absolute Gasteiger partial charge is 0.255 e. The molecule has 0 radical (unpaired) electrons. The molecule has 1 aromatic carbocycles. The van der Waals surface area contributed by atoms with Gasteiger partial charge in [0.05, 0.1) is 0 Å². The summed E-state index contributed by atoms with van der Waals surface area (Å²) in [5.41, 5.74) is 7.02. The van der Waals surface area contributed by atoms with Gasteiger partial charge in [0.2, 0.25) is 0 Å². The number of ether oxygens (including phenoxy) is 1. The van der Waals surface area contributed by atoms with Gasteiger partial charge in [-0.3, -0.25) is 4.79 Å². The molecule has 0 aliphatic heterocycles. The van der Waals surface area contributed by atoms with E-state index in [4.69, 9.17) is 10.5 Å². The number of primary amides is 1. The number of aryl methyl sites for hydroxylation is 1. The number of carbonyl (C=O) groups excluding carboxylic acids is 1. The van der Waals surface area contributed by atoms with Crippen molar-refractivity contribution in [2.45, 2.75) is 13.5 Å². The fourth-order valence-electron chi connectivity index (χ4n) is 1.47. The number of hydrogen-bond donors (Lipinski definition) is 2. The lowest BCUT2D eigenvalue weighted by Gasteiger charge is -2.13. The van der Waals surface area contributed by atoms with Crippen LogP contribution in [0.3, 0.4) is 0 Å². The Labute approximate surface area is 103 Å². The second-order valence-electron chi connectivity index (χ2n) is 3.50. The van der Waals surface area contributed by atoms with Gasteiger partial charge in [-0.05, 0) is 31.7 Å². The highest BCUT2D eigenvalue weighted by Crippen LogP contribution is 2.27. The molecule has 0 unspecified atom stereocenters. The molecule has 0 bridgehead atoms. The van der Waals surface area contributed by atoms with Crippen molar-refractivity contribution < 1.29 is 9.53 Å². The van der Waals surface area contributed by atoms with Crippen LogP contribution in [0.15, 0.2) is 16.6 Å². The van der Waals surface area contributed by atoms with Gasteiger partial charge < -0.3 is 15.8 Å². The summed E-state index contributed by atoms with van der Waals surface area (Å²) in [5.74, 6) is 0.245. The van der Waals surface area contributed by atoms with Crippen molar-refractivity contribution in [3.05, 3.63) is 27.7 Å². The minimum Gasteiger partial charge on any atom is -0.483 e. The van der Waals surface area contributed by atoms with E-state index in [1.165, 1.54) is 0 Å². The Morgan fingerprint density at radius 2 is 2.25 bits per heavy atom. The predicted molar refractivity (Wildman–Crippen MR) is 66.3 cm³/mol. The van der Waals surface area contributed by atoms with E-state index in [-0.39, 0.29) is 6.61 Å². The van der Waals surface area contributed by atoms with Crippen LogP contribution in [-0.2, 0) is 11.3 Å². The maximum absolute atomic E-state index is 10.7. The standard InChI is InChI=1S/C11H15BrN2O2/c1-7-3-9(12)4-8(5-14-2)11(7)16-6-10(13)15/h3-4,14H,5-6H2,1-2H3,(H2,13,15). The number of hydrogen-bond acceptors (Lipinski definition) is 3. The minimum absolute atomic E-state index is 0.0980. The summed E-state index contributed by atoms with van der Waals surface area (Å²) < 4.78 is 6.39. The maximum Gasteiger partial charge on any atom is 0.255 e. The molecule has 0 saturated heterocycles. The normalized spacial score (nSPS) is 10.2. The Kier molecular flexibility index (Phi) is 4.76. The molecule has 0 aliphatic carbocycles. The third kappa shape index (κ3) is 3.50. The van der Waals surface area contributed by atoms with E-state index < -0.39 is 5.91 Å². The molecular weight excluding hydrogens is 272 g/mol. The van der Waals surface area contributed by atoms with Crippen molar-refractivity contribution in [2.75, 3.05) is 13.7 Å². The highest BCUT2D eigenvalue weighted by molar-refractivity contribution is 9.10. The minimum atomic E-state index is -0.474. The Morgan fingerprint density at radius 3 is 2.81 bits per heavy atom. The lowest BCUT2D eigenvalue weighted by atomic mass is 10.1. The van der Waals surface area contributed by atoms with Gasteiger partial charge in [-0.1, -0.05) is 15.9 Å². The van der Waals surface area contributed by atoms with Crippen LogP contribution in [0.1, 0.15) is 11.1 Å². The van der Waals surface area contributed by atoms with Crippen LogP contribution in [0.5, 0.6) is 5.75 Å². The number of halogens is 1. The van der Waals surface area contributed by atoms with Crippen LogP contribution in [0.2, 0.25) is 0 Å². The van der Waals surface area contributed by atoms with Crippen LogP contribution in [0.25, 0.3) is 0 Å². The summed E-state index contributed by atoms with van der Waals surface area (Å²) in [4.78, 5) is 10.7. The Morgan fingerprint density at radius 1 is 1.56 bits per heavy atom. The SMILES string of the molecule is CNCc1cc(Br)cc(C)c1OCC(N)=O. The zero-order valence-electron chi connectivity index (χ0n) is 9.34. The van der Waals surface area contributed by atoms with Crippen molar-refractivity contribution in [2.24, 2.45) is 5.73 Å². The second-order valence-corrected chi connectivity index (χ2v) is 4.41. The van der Waals surface area contributed by atoms with Gasteiger partial charge >= 0.3 is 0 Å². The van der Waals surface area contributed by atoms with Gasteiger partial charge in [0.1, 0.15) is 5.75 Å². The zero-order valence-corrected chi connectivity index (χ0v) is 10.9. The van der Waals surface area contributed by atoms with Crippen LogP contribution in [0.4, 0.5) is 0 Å². The molecule has 1 rings (SSSR count). The predicted octanol–water partition coefficient (Wildman–Crippen LogP) is 1.34. The Hall–Kier alpha value is -1.07. The van der Waals surface area contributed by atoms with Gasteiger partial charge in [0, 0.05) is 16.6 Å². The first-order chi connectivity index (χ1) is 7.54. The highest BCUT2D eigenvalue weighted by Gasteiger charge is 2.09. The number of benzene rings is 1. The van der Waals surface area contributed by atoms with Crippen LogP contribution < -0.4 is 15.8 Å². The number of nitrogens with two attached hydrogens (primary N) is 1. The first kappa shape index (κ1) is 13.0. The summed E-state index contributed by atoms with van der Waals surface area (Å²) in [7, 11) is 1.86. The average Bonchev–Trinajstić information content (AvgIpc) is 2.16. The van der Waals surface area contributed by atoms with Crippen LogP contribution in [-0.4, -0.2) is 19.6 Å². The van der Waals surface area contributed by atoms with Crippen molar-refractivity contribution in [1.82, 2.24) is 5.32 Å². The van der Waals surface area contributed by atoms with Gasteiger partial charge in [-0.2, -0.15) is 0 Å². The first-order valence-corrected chi connectivity index (χ1v) is 5.68. The fourth-order valence-corrected chi connectivity index (χ4v) is 2.09. The van der Waals surface area contributed by atoms with E-state index in [2.05, 4.69) is 21.2 Å². The third-order valence-electron chi connectivity index (χ3n) is 2.04. The Bertz CT molecular complexity index is 394. The van der Waals surface area contributed by atoms with E-state index in [0.29, 0.717) is 6.54 Å². The van der Waals surface area contributed by atoms with E-state index in [1.807, 2.05) is 26.1 Å². The van der Waals surface area contributed by atoms with Gasteiger partial charge in [0.25, 0.3) is 5.91 Å². The molecule has 0 saturated carbocycles. The van der Waals surface area contributed by atoms with E-state index >= 15 is 0 Å². The molecule has 0 heterocycles. The van der Waals surface area contributed by atoms with Crippen LogP contribution >= 0.6 is 15.9 Å². The molecule has 16 heavy (non-hydrogen) atoms. The maximum atomic E-state index is 10.7. The lowest BCUT2D eigenvalue weighted by Crippen LogP contribution is -2.21. The molecule has 88 valence electrons. The molecule has 3 N–H and O–H groups in total. The number of rotatable bonds is 5. The zero-order chi connectivity index (χ0) is 12.1. The van der Waals surface area contributed by atoms with Crippen molar-refractivity contribution in [1.29, 1.82) is 0 Å². The van der Waals surface area contributed by atoms with Crippen LogP contribution in [0, 0.1) is 6.92 Å². The summed E-state index contributed by atoms with van der Waals surface area (Å²) in [6, 6.07) is 3.90. The summed E-state index contributed by atoms with van der Waals surface area (Å²) >= 11 is 3.42. The molecule has 1 amide bonds. The number of nitrogens with one attached hydrogen (secondary N) is 1. The summed E-state index contributed by atoms with van der Waals surface area (Å²) in [5, 5.41) is 3.05. The average molecular weight is 287 g/mol. The quantitative estimate of drug-likeness (QED) is 0.859. The lowest BCUT2D eigenvalue weighted by molar-refractivity contribution is -0.119. The molecule has 0 spiro atoms. The third-order valence-corrected chi connectivity index (χ3v) is 2.50. The summed E-state index contributed by atoms with van der Waals surface area (Å²) in [6.45, 7) is 2.51. The monoisotopic (exact) mass is 286 g/mol. The fraction of sp³-hybridized carbons (Fsp3) is 0.364. The van der Waals surface area contributed by atoms with Gasteiger partial charge in [-0.25, -0.2) is 0 Å². The van der Waals surface area contributed by atoms with E-state index in [1.54, 1.807) is 0 Å². The molecule has 0 aromatic heterocycles. The molecule has 5 heteroatoms. The number of carbonyl (C=O) groups is 1. The van der Waals surface area contributed by atoms with E-state index in [0.717, 1.165) is 21.3 Å². The molecule has 0 fully saturated rings. The second kappa shape index (κ2) is 5.86. The topological polar surface area (TPSA) is 64.3 Å². The number of amides is 1. The van der Waals surface area contributed by atoms with Crippen molar-refractivity contribution in [3.8, 4) is 5.75 Å².